The van der Waals surface area contributed by atoms with Crippen molar-refractivity contribution in [2.45, 2.75) is 32.9 Å². The standard InChI is InChI=1S/C12H18BrNO/c1-4-9(2)14-8-10-5-6-12(15-3)11(13)7-10/h5-7,9,14H,4,8H2,1-3H3/t9-/m0/s1. The van der Waals surface area contributed by atoms with E-state index in [0.29, 0.717) is 6.04 Å². The molecule has 1 aromatic rings. The molecule has 0 saturated heterocycles. The molecule has 0 amide bonds. The molecule has 1 rings (SSSR count). The first-order valence-corrected chi connectivity index (χ1v) is 6.02. The summed E-state index contributed by atoms with van der Waals surface area (Å²) in [5, 5.41) is 3.45. The maximum Gasteiger partial charge on any atom is 0.133 e. The van der Waals surface area contributed by atoms with Gasteiger partial charge in [-0.25, -0.2) is 0 Å². The summed E-state index contributed by atoms with van der Waals surface area (Å²) in [5.74, 6) is 0.877. The zero-order valence-corrected chi connectivity index (χ0v) is 11.1. The third-order valence-electron chi connectivity index (χ3n) is 2.48. The number of hydrogen-bond acceptors (Lipinski definition) is 2. The van der Waals surface area contributed by atoms with Crippen LogP contribution < -0.4 is 10.1 Å². The van der Waals surface area contributed by atoms with Gasteiger partial charge in [-0.05, 0) is 47.0 Å². The lowest BCUT2D eigenvalue weighted by molar-refractivity contribution is 0.412. The van der Waals surface area contributed by atoms with Crippen molar-refractivity contribution in [2.24, 2.45) is 0 Å². The van der Waals surface area contributed by atoms with Gasteiger partial charge in [0.25, 0.3) is 0 Å². The Morgan fingerprint density at radius 3 is 2.73 bits per heavy atom. The van der Waals surface area contributed by atoms with E-state index in [2.05, 4.69) is 47.2 Å². The summed E-state index contributed by atoms with van der Waals surface area (Å²) in [5.41, 5.74) is 1.27. The molecule has 0 saturated carbocycles. The van der Waals surface area contributed by atoms with E-state index in [-0.39, 0.29) is 0 Å². The molecular weight excluding hydrogens is 254 g/mol. The lowest BCUT2D eigenvalue weighted by Gasteiger charge is -2.12. The third-order valence-corrected chi connectivity index (χ3v) is 3.10. The van der Waals surface area contributed by atoms with E-state index in [4.69, 9.17) is 4.74 Å². The average Bonchev–Trinajstić information content (AvgIpc) is 2.26. The van der Waals surface area contributed by atoms with Gasteiger partial charge in [0.05, 0.1) is 11.6 Å². The van der Waals surface area contributed by atoms with E-state index in [1.165, 1.54) is 5.56 Å². The normalized spacial score (nSPS) is 12.5. The van der Waals surface area contributed by atoms with Gasteiger partial charge in [-0.2, -0.15) is 0 Å². The highest BCUT2D eigenvalue weighted by Crippen LogP contribution is 2.25. The summed E-state index contributed by atoms with van der Waals surface area (Å²) in [6.45, 7) is 5.28. The lowest BCUT2D eigenvalue weighted by atomic mass is 10.2. The summed E-state index contributed by atoms with van der Waals surface area (Å²) >= 11 is 3.48. The monoisotopic (exact) mass is 271 g/mol. The minimum atomic E-state index is 0.561. The van der Waals surface area contributed by atoms with Crippen LogP contribution in [0.4, 0.5) is 0 Å². The average molecular weight is 272 g/mol. The third kappa shape index (κ3) is 3.84. The molecule has 0 bridgehead atoms. The molecule has 0 spiro atoms. The van der Waals surface area contributed by atoms with Crippen molar-refractivity contribution in [3.05, 3.63) is 28.2 Å². The van der Waals surface area contributed by atoms with Gasteiger partial charge in [0.1, 0.15) is 5.75 Å². The van der Waals surface area contributed by atoms with Crippen LogP contribution in [0.1, 0.15) is 25.8 Å². The van der Waals surface area contributed by atoms with Gasteiger partial charge in [0, 0.05) is 12.6 Å². The molecule has 0 aliphatic rings. The van der Waals surface area contributed by atoms with E-state index in [1.807, 2.05) is 6.07 Å². The quantitative estimate of drug-likeness (QED) is 0.887. The first kappa shape index (κ1) is 12.5. The number of ether oxygens (including phenoxy) is 1. The van der Waals surface area contributed by atoms with Gasteiger partial charge in [0.2, 0.25) is 0 Å². The van der Waals surface area contributed by atoms with Crippen molar-refractivity contribution in [1.29, 1.82) is 0 Å². The molecule has 1 atom stereocenters. The minimum Gasteiger partial charge on any atom is -0.496 e. The Bertz CT molecular complexity index is 314. The Morgan fingerprint density at radius 2 is 2.20 bits per heavy atom. The molecule has 0 fully saturated rings. The van der Waals surface area contributed by atoms with Crippen LogP contribution >= 0.6 is 15.9 Å². The Labute approximate surface area is 100 Å². The largest absolute Gasteiger partial charge is 0.496 e. The molecule has 2 nitrogen and oxygen atoms in total. The van der Waals surface area contributed by atoms with Gasteiger partial charge < -0.3 is 10.1 Å². The maximum atomic E-state index is 5.18. The van der Waals surface area contributed by atoms with Crippen molar-refractivity contribution < 1.29 is 4.74 Å². The van der Waals surface area contributed by atoms with Gasteiger partial charge in [-0.1, -0.05) is 13.0 Å². The number of nitrogens with one attached hydrogen (secondary N) is 1. The highest BCUT2D eigenvalue weighted by molar-refractivity contribution is 9.10. The molecule has 0 aliphatic carbocycles. The Kier molecular flexibility index (Phi) is 5.12. The number of benzene rings is 1. The summed E-state index contributed by atoms with van der Waals surface area (Å²) in [6, 6.07) is 6.72. The van der Waals surface area contributed by atoms with Crippen LogP contribution in [0.25, 0.3) is 0 Å². The Hall–Kier alpha value is -0.540. The van der Waals surface area contributed by atoms with Crippen LogP contribution in [-0.4, -0.2) is 13.2 Å². The second-order valence-electron chi connectivity index (χ2n) is 3.66. The van der Waals surface area contributed by atoms with Crippen molar-refractivity contribution in [1.82, 2.24) is 5.32 Å². The summed E-state index contributed by atoms with van der Waals surface area (Å²) in [6.07, 6.45) is 1.15. The van der Waals surface area contributed by atoms with Crippen molar-refractivity contribution in [3.8, 4) is 5.75 Å². The first-order chi connectivity index (χ1) is 7.17. The van der Waals surface area contributed by atoms with Gasteiger partial charge >= 0.3 is 0 Å². The predicted molar refractivity (Wildman–Crippen MR) is 67.3 cm³/mol. The summed E-state index contributed by atoms with van der Waals surface area (Å²) < 4.78 is 6.19. The van der Waals surface area contributed by atoms with Crippen molar-refractivity contribution in [3.63, 3.8) is 0 Å². The van der Waals surface area contributed by atoms with Crippen LogP contribution in [0.15, 0.2) is 22.7 Å². The molecule has 0 aromatic heterocycles. The van der Waals surface area contributed by atoms with E-state index >= 15 is 0 Å². The van der Waals surface area contributed by atoms with Crippen LogP contribution in [0.2, 0.25) is 0 Å². The van der Waals surface area contributed by atoms with Crippen LogP contribution in [0, 0.1) is 0 Å². The van der Waals surface area contributed by atoms with Crippen LogP contribution in [0.3, 0.4) is 0 Å². The molecule has 84 valence electrons. The molecule has 1 N–H and O–H groups in total. The van der Waals surface area contributed by atoms with E-state index in [1.54, 1.807) is 7.11 Å². The highest BCUT2D eigenvalue weighted by atomic mass is 79.9. The molecule has 15 heavy (non-hydrogen) atoms. The summed E-state index contributed by atoms with van der Waals surface area (Å²) in [7, 11) is 1.68. The number of hydrogen-bond donors (Lipinski definition) is 1. The number of rotatable bonds is 5. The van der Waals surface area contributed by atoms with Crippen LogP contribution in [-0.2, 0) is 6.54 Å². The smallest absolute Gasteiger partial charge is 0.133 e. The van der Waals surface area contributed by atoms with Gasteiger partial charge in [-0.15, -0.1) is 0 Å². The van der Waals surface area contributed by atoms with E-state index in [0.717, 1.165) is 23.2 Å². The predicted octanol–water partition coefficient (Wildman–Crippen LogP) is 3.35. The van der Waals surface area contributed by atoms with Gasteiger partial charge in [-0.3, -0.25) is 0 Å². The number of halogens is 1. The molecular formula is C12H18BrNO. The summed E-state index contributed by atoms with van der Waals surface area (Å²) in [4.78, 5) is 0. The molecule has 0 radical (unpaired) electrons. The second-order valence-corrected chi connectivity index (χ2v) is 4.51. The fourth-order valence-corrected chi connectivity index (χ4v) is 1.84. The zero-order valence-electron chi connectivity index (χ0n) is 9.51. The Balaban J connectivity index is 2.59. The number of methoxy groups -OCH3 is 1. The Morgan fingerprint density at radius 1 is 1.47 bits per heavy atom. The first-order valence-electron chi connectivity index (χ1n) is 5.23. The van der Waals surface area contributed by atoms with E-state index < -0.39 is 0 Å². The minimum absolute atomic E-state index is 0.561. The SMILES string of the molecule is CC[C@H](C)NCc1ccc(OC)c(Br)c1. The van der Waals surface area contributed by atoms with E-state index in [9.17, 15) is 0 Å². The van der Waals surface area contributed by atoms with Crippen LogP contribution in [0.5, 0.6) is 5.75 Å². The maximum absolute atomic E-state index is 5.18. The lowest BCUT2D eigenvalue weighted by Crippen LogP contribution is -2.24. The fraction of sp³-hybridized carbons (Fsp3) is 0.500. The highest BCUT2D eigenvalue weighted by Gasteiger charge is 2.02. The topological polar surface area (TPSA) is 21.3 Å². The second kappa shape index (κ2) is 6.13. The molecule has 0 aliphatic heterocycles. The van der Waals surface area contributed by atoms with Crippen molar-refractivity contribution >= 4 is 15.9 Å². The van der Waals surface area contributed by atoms with Crippen molar-refractivity contribution in [2.75, 3.05) is 7.11 Å². The molecule has 0 unspecified atom stereocenters. The van der Waals surface area contributed by atoms with Gasteiger partial charge in [0.15, 0.2) is 0 Å². The molecule has 3 heteroatoms. The molecule has 1 aromatic carbocycles. The fourth-order valence-electron chi connectivity index (χ4n) is 1.26. The zero-order chi connectivity index (χ0) is 11.3. The molecule has 0 heterocycles.